The third kappa shape index (κ3) is 4.56. The average Bonchev–Trinajstić information content (AvgIpc) is 3.05. The van der Waals surface area contributed by atoms with Gasteiger partial charge in [0.1, 0.15) is 12.0 Å². The number of hydrogen-bond acceptors (Lipinski definition) is 4. The second kappa shape index (κ2) is 10.4. The lowest BCUT2D eigenvalue weighted by Gasteiger charge is -2.23. The van der Waals surface area contributed by atoms with E-state index in [1.807, 2.05) is 48.8 Å². The predicted molar refractivity (Wildman–Crippen MR) is 164 cm³/mol. The van der Waals surface area contributed by atoms with Crippen LogP contribution in [0.4, 0.5) is 0 Å². The van der Waals surface area contributed by atoms with E-state index >= 15 is 0 Å². The van der Waals surface area contributed by atoms with Gasteiger partial charge in [-0.1, -0.05) is 121 Å². The van der Waals surface area contributed by atoms with Crippen LogP contribution in [0.1, 0.15) is 22.9 Å². The molecule has 6 aromatic rings. The van der Waals surface area contributed by atoms with E-state index in [2.05, 4.69) is 107 Å². The summed E-state index contributed by atoms with van der Waals surface area (Å²) in [7, 11) is 0. The Bertz CT molecular complexity index is 1840. The van der Waals surface area contributed by atoms with E-state index in [1.165, 1.54) is 21.9 Å². The molecule has 0 saturated carbocycles. The molecule has 4 heteroatoms. The van der Waals surface area contributed by atoms with Crippen molar-refractivity contribution >= 4 is 22.4 Å². The molecule has 1 atom stereocenters. The van der Waals surface area contributed by atoms with Gasteiger partial charge < -0.3 is 5.32 Å². The number of pyridine rings is 1. The molecule has 0 amide bonds. The van der Waals surface area contributed by atoms with Crippen molar-refractivity contribution in [2.75, 3.05) is 0 Å². The monoisotopic (exact) mass is 514 g/mol. The number of benzene rings is 5. The molecule has 7 rings (SSSR count). The van der Waals surface area contributed by atoms with Gasteiger partial charge in [0.15, 0.2) is 5.84 Å². The number of aliphatic imine (C=N–C) groups is 2. The summed E-state index contributed by atoms with van der Waals surface area (Å²) in [5.74, 6) is 1.53. The van der Waals surface area contributed by atoms with E-state index < -0.39 is 0 Å². The number of aromatic nitrogens is 1. The summed E-state index contributed by atoms with van der Waals surface area (Å²) < 4.78 is 0. The van der Waals surface area contributed by atoms with Crippen LogP contribution in [-0.4, -0.2) is 16.7 Å². The maximum Gasteiger partial charge on any atom is 0.159 e. The third-order valence-corrected chi connectivity index (χ3v) is 7.26. The van der Waals surface area contributed by atoms with Crippen molar-refractivity contribution in [1.29, 1.82) is 0 Å². The summed E-state index contributed by atoms with van der Waals surface area (Å²) in [5.41, 5.74) is 7.78. The molecule has 1 aromatic heterocycles. The summed E-state index contributed by atoms with van der Waals surface area (Å²) in [5, 5.41) is 5.96. The smallest absolute Gasteiger partial charge is 0.159 e. The number of nitrogens with one attached hydrogen (secondary N) is 1. The van der Waals surface area contributed by atoms with Crippen LogP contribution in [0.5, 0.6) is 0 Å². The van der Waals surface area contributed by atoms with E-state index in [1.54, 1.807) is 0 Å². The second-order valence-electron chi connectivity index (χ2n) is 9.76. The first kappa shape index (κ1) is 23.7. The van der Waals surface area contributed by atoms with Gasteiger partial charge in [-0.3, -0.25) is 4.98 Å². The largest absolute Gasteiger partial charge is 0.344 e. The molecule has 2 heterocycles. The highest BCUT2D eigenvalue weighted by atomic mass is 15.2. The average molecular weight is 515 g/mol. The van der Waals surface area contributed by atoms with E-state index in [0.29, 0.717) is 5.84 Å². The molecule has 0 saturated heterocycles. The zero-order chi connectivity index (χ0) is 26.7. The summed E-state index contributed by atoms with van der Waals surface area (Å²) >= 11 is 0. The Kier molecular flexibility index (Phi) is 6.19. The van der Waals surface area contributed by atoms with E-state index in [4.69, 9.17) is 9.98 Å². The normalized spacial score (nSPS) is 14.8. The quantitative estimate of drug-likeness (QED) is 0.253. The molecule has 1 aliphatic rings. The van der Waals surface area contributed by atoms with Crippen molar-refractivity contribution in [2.24, 2.45) is 9.98 Å². The lowest BCUT2D eigenvalue weighted by molar-refractivity contribution is 0.674. The fraction of sp³-hybridized carbons (Fsp3) is 0.0278. The third-order valence-electron chi connectivity index (χ3n) is 7.26. The number of nitrogens with zero attached hydrogens (tertiary/aromatic N) is 3. The van der Waals surface area contributed by atoms with Crippen LogP contribution in [0.2, 0.25) is 0 Å². The van der Waals surface area contributed by atoms with Gasteiger partial charge in [0.2, 0.25) is 0 Å². The number of hydrogen-bond donors (Lipinski definition) is 1. The maximum atomic E-state index is 5.03. The Hall–Kier alpha value is -5.35. The molecule has 0 radical (unpaired) electrons. The van der Waals surface area contributed by atoms with Gasteiger partial charge in [-0.15, -0.1) is 0 Å². The van der Waals surface area contributed by atoms with Gasteiger partial charge in [0.25, 0.3) is 0 Å². The minimum absolute atomic E-state index is 0.222. The Morgan fingerprint density at radius 2 is 1.20 bits per heavy atom. The van der Waals surface area contributed by atoms with Crippen LogP contribution in [0.15, 0.2) is 156 Å². The van der Waals surface area contributed by atoms with Gasteiger partial charge in [-0.2, -0.15) is 0 Å². The van der Waals surface area contributed by atoms with Crippen LogP contribution in [0.25, 0.3) is 33.0 Å². The standard InChI is InChI=1S/C36H26N4/c1-3-10-28(11-4-1)34-38-35(29-12-5-2-6-13-29)40-36(39-34)30-17-15-27(16-18-30)33-31-14-8-7-9-25(31)19-20-32(33)26-21-23-37-24-22-26/h1-24,34H,(H,38,39,40). The Labute approximate surface area is 233 Å². The Balaban J connectivity index is 1.33. The second-order valence-corrected chi connectivity index (χ2v) is 9.76. The van der Waals surface area contributed by atoms with Crippen LogP contribution in [0, 0.1) is 0 Å². The van der Waals surface area contributed by atoms with Crippen molar-refractivity contribution < 1.29 is 0 Å². The molecule has 1 unspecified atom stereocenters. The Morgan fingerprint density at radius 3 is 1.98 bits per heavy atom. The van der Waals surface area contributed by atoms with E-state index in [0.717, 1.165) is 33.7 Å². The molecule has 0 spiro atoms. The molecule has 1 aliphatic heterocycles. The first-order valence-electron chi connectivity index (χ1n) is 13.4. The first-order valence-corrected chi connectivity index (χ1v) is 13.4. The fourth-order valence-corrected chi connectivity index (χ4v) is 5.27. The molecule has 1 N–H and O–H groups in total. The predicted octanol–water partition coefficient (Wildman–Crippen LogP) is 8.06. The van der Waals surface area contributed by atoms with Crippen LogP contribution < -0.4 is 5.32 Å². The molecule has 4 nitrogen and oxygen atoms in total. The molecule has 190 valence electrons. The zero-order valence-corrected chi connectivity index (χ0v) is 21.8. The number of rotatable bonds is 5. The summed E-state index contributed by atoms with van der Waals surface area (Å²) in [6.45, 7) is 0. The van der Waals surface area contributed by atoms with Crippen LogP contribution in [0.3, 0.4) is 0 Å². The number of amidine groups is 2. The van der Waals surface area contributed by atoms with Crippen molar-refractivity contribution in [2.45, 2.75) is 6.17 Å². The SMILES string of the molecule is c1ccc(C2=NC(c3ccc(-c4c(-c5ccncc5)ccc5ccccc45)cc3)=NC(c3ccccc3)N2)cc1. The minimum atomic E-state index is -0.222. The van der Waals surface area contributed by atoms with Crippen molar-refractivity contribution in [1.82, 2.24) is 10.3 Å². The molecule has 5 aromatic carbocycles. The lowest BCUT2D eigenvalue weighted by Crippen LogP contribution is -2.33. The van der Waals surface area contributed by atoms with Crippen molar-refractivity contribution in [3.05, 3.63) is 163 Å². The molecular weight excluding hydrogens is 488 g/mol. The van der Waals surface area contributed by atoms with Gasteiger partial charge in [0.05, 0.1) is 0 Å². The molecule has 40 heavy (non-hydrogen) atoms. The summed E-state index contributed by atoms with van der Waals surface area (Å²) in [6, 6.07) is 46.2. The van der Waals surface area contributed by atoms with Crippen molar-refractivity contribution in [3.63, 3.8) is 0 Å². The minimum Gasteiger partial charge on any atom is -0.344 e. The lowest BCUT2D eigenvalue weighted by atomic mass is 9.90. The fourth-order valence-electron chi connectivity index (χ4n) is 5.27. The topological polar surface area (TPSA) is 49.6 Å². The van der Waals surface area contributed by atoms with Gasteiger partial charge >= 0.3 is 0 Å². The molecule has 0 bridgehead atoms. The van der Waals surface area contributed by atoms with Gasteiger partial charge in [-0.25, -0.2) is 9.98 Å². The molecule has 0 fully saturated rings. The van der Waals surface area contributed by atoms with Crippen LogP contribution in [-0.2, 0) is 0 Å². The van der Waals surface area contributed by atoms with E-state index in [-0.39, 0.29) is 6.17 Å². The van der Waals surface area contributed by atoms with E-state index in [9.17, 15) is 0 Å². The summed E-state index contributed by atoms with van der Waals surface area (Å²) in [6.07, 6.45) is 3.47. The Morgan fingerprint density at radius 1 is 0.525 bits per heavy atom. The molecular formula is C36H26N4. The highest BCUT2D eigenvalue weighted by Crippen LogP contribution is 2.38. The van der Waals surface area contributed by atoms with Gasteiger partial charge in [0, 0.05) is 23.5 Å². The highest BCUT2D eigenvalue weighted by molar-refractivity contribution is 6.13. The molecule has 0 aliphatic carbocycles. The summed E-state index contributed by atoms with van der Waals surface area (Å²) in [4.78, 5) is 14.2. The first-order chi connectivity index (χ1) is 19.8. The van der Waals surface area contributed by atoms with Crippen molar-refractivity contribution in [3.8, 4) is 22.3 Å². The highest BCUT2D eigenvalue weighted by Gasteiger charge is 2.21. The zero-order valence-electron chi connectivity index (χ0n) is 21.8. The van der Waals surface area contributed by atoms with Crippen LogP contribution >= 0.6 is 0 Å². The number of fused-ring (bicyclic) bond motifs is 1. The van der Waals surface area contributed by atoms with Gasteiger partial charge in [-0.05, 0) is 50.7 Å². The maximum absolute atomic E-state index is 5.03.